The van der Waals surface area contributed by atoms with Gasteiger partial charge in [-0.2, -0.15) is 0 Å². The summed E-state index contributed by atoms with van der Waals surface area (Å²) in [5.74, 6) is -0.0247. The maximum Gasteiger partial charge on any atom is 0.406 e. The molecule has 0 spiro atoms. The number of ether oxygens (including phenoxy) is 1. The van der Waals surface area contributed by atoms with Crippen LogP contribution in [-0.4, -0.2) is 30.2 Å². The molecule has 0 saturated carbocycles. The van der Waals surface area contributed by atoms with Crippen molar-refractivity contribution in [2.45, 2.75) is 13.3 Å². The molecule has 1 aromatic carbocycles. The summed E-state index contributed by atoms with van der Waals surface area (Å²) in [5.41, 5.74) is 1.92. The predicted molar refractivity (Wildman–Crippen MR) is 72.4 cm³/mol. The summed E-state index contributed by atoms with van der Waals surface area (Å²) in [6, 6.07) is 7.72. The predicted octanol–water partition coefficient (Wildman–Crippen LogP) is 2.20. The molecule has 0 aliphatic heterocycles. The molecular formula is C14H16N2O3. The van der Waals surface area contributed by atoms with Crippen molar-refractivity contribution in [3.8, 4) is 0 Å². The average molecular weight is 260 g/mol. The number of rotatable bonds is 3. The Hall–Kier alpha value is -2.30. The van der Waals surface area contributed by atoms with E-state index in [0.29, 0.717) is 13.0 Å². The normalized spacial score (nSPS) is 10.4. The number of carbonyl (C=O) groups excluding carboxylic acids is 2. The van der Waals surface area contributed by atoms with Crippen LogP contribution in [0, 0.1) is 0 Å². The fourth-order valence-corrected chi connectivity index (χ4v) is 2.08. The third-order valence-corrected chi connectivity index (χ3v) is 2.98. The van der Waals surface area contributed by atoms with Crippen molar-refractivity contribution >= 4 is 22.9 Å². The van der Waals surface area contributed by atoms with Crippen molar-refractivity contribution in [3.63, 3.8) is 0 Å². The van der Waals surface area contributed by atoms with Crippen LogP contribution in [0.5, 0.6) is 0 Å². The molecular weight excluding hydrogens is 244 g/mol. The molecule has 0 atom stereocenters. The molecule has 1 N–H and O–H groups in total. The zero-order valence-electron chi connectivity index (χ0n) is 11.0. The molecule has 1 aromatic heterocycles. The molecule has 0 aliphatic rings. The Morgan fingerprint density at radius 1 is 1.32 bits per heavy atom. The highest BCUT2D eigenvalue weighted by Crippen LogP contribution is 2.21. The summed E-state index contributed by atoms with van der Waals surface area (Å²) in [6.45, 7) is 2.00. The first-order valence-electron chi connectivity index (χ1n) is 6.05. The second-order valence-corrected chi connectivity index (χ2v) is 4.23. The number of para-hydroxylation sites is 1. The highest BCUT2D eigenvalue weighted by Gasteiger charge is 2.10. The quantitative estimate of drug-likeness (QED) is 0.920. The van der Waals surface area contributed by atoms with Crippen molar-refractivity contribution in [3.05, 3.63) is 36.0 Å². The van der Waals surface area contributed by atoms with E-state index in [1.165, 1.54) is 14.0 Å². The van der Waals surface area contributed by atoms with Crippen LogP contribution < -0.4 is 5.32 Å². The Bertz CT molecular complexity index is 616. The minimum atomic E-state index is -0.449. The van der Waals surface area contributed by atoms with Gasteiger partial charge in [-0.05, 0) is 18.1 Å². The first kappa shape index (κ1) is 13.1. The van der Waals surface area contributed by atoms with Crippen molar-refractivity contribution in [1.29, 1.82) is 0 Å². The number of fused-ring (bicyclic) bond motifs is 1. The number of hydrogen-bond acceptors (Lipinski definition) is 3. The van der Waals surface area contributed by atoms with E-state index in [-0.39, 0.29) is 5.91 Å². The molecule has 0 unspecified atom stereocenters. The molecule has 1 amide bonds. The van der Waals surface area contributed by atoms with Gasteiger partial charge in [0.2, 0.25) is 5.91 Å². The molecule has 19 heavy (non-hydrogen) atoms. The number of hydrogen-bond donors (Lipinski definition) is 1. The number of amides is 1. The van der Waals surface area contributed by atoms with Gasteiger partial charge in [-0.3, -0.25) is 9.36 Å². The highest BCUT2D eigenvalue weighted by atomic mass is 16.5. The summed E-state index contributed by atoms with van der Waals surface area (Å²) >= 11 is 0. The smallest absolute Gasteiger partial charge is 0.406 e. The number of aromatic nitrogens is 1. The van der Waals surface area contributed by atoms with Crippen molar-refractivity contribution in [1.82, 2.24) is 9.88 Å². The molecule has 100 valence electrons. The van der Waals surface area contributed by atoms with Crippen LogP contribution in [0.4, 0.5) is 4.79 Å². The van der Waals surface area contributed by atoms with Gasteiger partial charge in [-0.25, -0.2) is 4.79 Å². The van der Waals surface area contributed by atoms with Gasteiger partial charge in [0.15, 0.2) is 0 Å². The Kier molecular flexibility index (Phi) is 3.85. The molecule has 0 aliphatic carbocycles. The Morgan fingerprint density at radius 2 is 2.05 bits per heavy atom. The second kappa shape index (κ2) is 5.56. The second-order valence-electron chi connectivity index (χ2n) is 4.23. The van der Waals surface area contributed by atoms with Gasteiger partial charge >= 0.3 is 6.09 Å². The van der Waals surface area contributed by atoms with E-state index in [1.807, 2.05) is 30.5 Å². The van der Waals surface area contributed by atoms with E-state index >= 15 is 0 Å². The topological polar surface area (TPSA) is 60.3 Å². The maximum absolute atomic E-state index is 11.6. The molecule has 1 heterocycles. The Labute approximate surface area is 111 Å². The fourth-order valence-electron chi connectivity index (χ4n) is 2.08. The number of carbonyl (C=O) groups is 2. The standard InChI is InChI=1S/C14H16N2O3/c1-10(17)16-9-11(7-8-15-14(18)19-2)12-5-3-4-6-13(12)16/h3-6,9H,7-8H2,1-2H3,(H,15,18). The summed E-state index contributed by atoms with van der Waals surface area (Å²) in [7, 11) is 1.33. The van der Waals surface area contributed by atoms with Gasteiger partial charge in [0.1, 0.15) is 0 Å². The molecule has 0 saturated heterocycles. The number of methoxy groups -OCH3 is 1. The lowest BCUT2D eigenvalue weighted by Gasteiger charge is -2.02. The van der Waals surface area contributed by atoms with Gasteiger partial charge < -0.3 is 10.1 Å². The van der Waals surface area contributed by atoms with Crippen molar-refractivity contribution in [2.24, 2.45) is 0 Å². The average Bonchev–Trinajstić information content (AvgIpc) is 2.78. The third-order valence-electron chi connectivity index (χ3n) is 2.98. The minimum absolute atomic E-state index is 0.0247. The van der Waals surface area contributed by atoms with Gasteiger partial charge in [0.05, 0.1) is 12.6 Å². The monoisotopic (exact) mass is 260 g/mol. The number of nitrogens with one attached hydrogen (secondary N) is 1. The zero-order chi connectivity index (χ0) is 13.8. The Morgan fingerprint density at radius 3 is 2.74 bits per heavy atom. The molecule has 5 heteroatoms. The first-order valence-corrected chi connectivity index (χ1v) is 6.05. The molecule has 0 bridgehead atoms. The minimum Gasteiger partial charge on any atom is -0.453 e. The van der Waals surface area contributed by atoms with Gasteiger partial charge in [-0.1, -0.05) is 18.2 Å². The van der Waals surface area contributed by atoms with Crippen LogP contribution in [0.25, 0.3) is 10.9 Å². The SMILES string of the molecule is COC(=O)NCCc1cn(C(C)=O)c2ccccc12. The molecule has 2 rings (SSSR count). The van der Waals surface area contributed by atoms with Crippen LogP contribution in [-0.2, 0) is 11.2 Å². The fraction of sp³-hybridized carbons (Fsp3) is 0.286. The maximum atomic E-state index is 11.6. The summed E-state index contributed by atoms with van der Waals surface area (Å²) in [4.78, 5) is 22.6. The lowest BCUT2D eigenvalue weighted by Crippen LogP contribution is -2.25. The van der Waals surface area contributed by atoms with Crippen LogP contribution in [0.15, 0.2) is 30.5 Å². The largest absolute Gasteiger partial charge is 0.453 e. The van der Waals surface area contributed by atoms with Gasteiger partial charge in [0.25, 0.3) is 0 Å². The third kappa shape index (κ3) is 2.76. The van der Waals surface area contributed by atoms with E-state index in [4.69, 9.17) is 0 Å². The van der Waals surface area contributed by atoms with Crippen molar-refractivity contribution in [2.75, 3.05) is 13.7 Å². The van der Waals surface area contributed by atoms with Crippen LogP contribution in [0.1, 0.15) is 17.3 Å². The van der Waals surface area contributed by atoms with E-state index in [2.05, 4.69) is 10.1 Å². The van der Waals surface area contributed by atoms with Gasteiger partial charge in [0, 0.05) is 25.1 Å². The van der Waals surface area contributed by atoms with Gasteiger partial charge in [-0.15, -0.1) is 0 Å². The van der Waals surface area contributed by atoms with Crippen LogP contribution >= 0.6 is 0 Å². The zero-order valence-corrected chi connectivity index (χ0v) is 11.0. The van der Waals surface area contributed by atoms with E-state index in [9.17, 15) is 9.59 Å². The number of benzene rings is 1. The lowest BCUT2D eigenvalue weighted by atomic mass is 10.1. The Balaban J connectivity index is 2.23. The number of nitrogens with zero attached hydrogens (tertiary/aromatic N) is 1. The summed E-state index contributed by atoms with van der Waals surface area (Å²) in [6.07, 6.45) is 2.03. The van der Waals surface area contributed by atoms with Crippen LogP contribution in [0.3, 0.4) is 0 Å². The molecule has 5 nitrogen and oxygen atoms in total. The molecule has 0 fully saturated rings. The first-order chi connectivity index (χ1) is 9.13. The van der Waals surface area contributed by atoms with E-state index in [1.54, 1.807) is 4.57 Å². The highest BCUT2D eigenvalue weighted by molar-refractivity contribution is 5.93. The molecule has 0 radical (unpaired) electrons. The summed E-state index contributed by atoms with van der Waals surface area (Å²) in [5, 5.41) is 3.66. The lowest BCUT2D eigenvalue weighted by molar-refractivity contribution is 0.0941. The van der Waals surface area contributed by atoms with E-state index < -0.39 is 6.09 Å². The summed E-state index contributed by atoms with van der Waals surface area (Å²) < 4.78 is 6.14. The van der Waals surface area contributed by atoms with Crippen LogP contribution in [0.2, 0.25) is 0 Å². The number of alkyl carbamates (subject to hydrolysis) is 1. The van der Waals surface area contributed by atoms with Crippen molar-refractivity contribution < 1.29 is 14.3 Å². The molecule has 2 aromatic rings. The van der Waals surface area contributed by atoms with E-state index in [0.717, 1.165) is 16.5 Å².